The standard InChI is InChI=1S/C12H16Br2FN/c1-2-11(5-6-13)16-8-9-3-4-10(14)7-12(9)15/h3-4,7,11,16H,2,5-6,8H2,1H3. The summed E-state index contributed by atoms with van der Waals surface area (Å²) >= 11 is 6.67. The lowest BCUT2D eigenvalue weighted by Crippen LogP contribution is -2.28. The second kappa shape index (κ2) is 7.41. The van der Waals surface area contributed by atoms with Gasteiger partial charge in [0.25, 0.3) is 0 Å². The van der Waals surface area contributed by atoms with Crippen molar-refractivity contribution in [1.82, 2.24) is 5.32 Å². The average Bonchev–Trinajstić information content (AvgIpc) is 2.26. The zero-order valence-electron chi connectivity index (χ0n) is 9.27. The Morgan fingerprint density at radius 3 is 2.75 bits per heavy atom. The molecule has 0 aromatic heterocycles. The van der Waals surface area contributed by atoms with Crippen molar-refractivity contribution in [2.24, 2.45) is 0 Å². The molecule has 4 heteroatoms. The number of nitrogens with one attached hydrogen (secondary N) is 1. The lowest BCUT2D eigenvalue weighted by Gasteiger charge is -2.15. The molecule has 16 heavy (non-hydrogen) atoms. The van der Waals surface area contributed by atoms with Crippen LogP contribution in [0.25, 0.3) is 0 Å². The van der Waals surface area contributed by atoms with Crippen molar-refractivity contribution in [2.45, 2.75) is 32.4 Å². The fourth-order valence-electron chi connectivity index (χ4n) is 1.50. The number of halogens is 3. The predicted molar refractivity (Wildman–Crippen MR) is 73.4 cm³/mol. The van der Waals surface area contributed by atoms with Gasteiger partial charge in [0.2, 0.25) is 0 Å². The quantitative estimate of drug-likeness (QED) is 0.755. The molecule has 1 aromatic rings. The van der Waals surface area contributed by atoms with E-state index in [1.165, 1.54) is 6.07 Å². The van der Waals surface area contributed by atoms with Gasteiger partial charge in [-0.2, -0.15) is 0 Å². The minimum atomic E-state index is -0.157. The van der Waals surface area contributed by atoms with Crippen LogP contribution in [0.5, 0.6) is 0 Å². The van der Waals surface area contributed by atoms with E-state index in [9.17, 15) is 4.39 Å². The highest BCUT2D eigenvalue weighted by molar-refractivity contribution is 9.10. The van der Waals surface area contributed by atoms with Crippen LogP contribution in [-0.4, -0.2) is 11.4 Å². The van der Waals surface area contributed by atoms with Gasteiger partial charge in [-0.25, -0.2) is 4.39 Å². The van der Waals surface area contributed by atoms with Crippen LogP contribution in [0.1, 0.15) is 25.3 Å². The maximum atomic E-state index is 13.5. The second-order valence-corrected chi connectivity index (χ2v) is 5.41. The first-order valence-corrected chi connectivity index (χ1v) is 7.32. The van der Waals surface area contributed by atoms with Crippen molar-refractivity contribution < 1.29 is 4.39 Å². The molecule has 1 rings (SSSR count). The Morgan fingerprint density at radius 2 is 2.19 bits per heavy atom. The summed E-state index contributed by atoms with van der Waals surface area (Å²) in [5.41, 5.74) is 0.719. The highest BCUT2D eigenvalue weighted by Gasteiger charge is 2.07. The van der Waals surface area contributed by atoms with Crippen LogP contribution in [-0.2, 0) is 6.54 Å². The van der Waals surface area contributed by atoms with Crippen molar-refractivity contribution >= 4 is 31.9 Å². The van der Waals surface area contributed by atoms with Gasteiger partial charge in [0.05, 0.1) is 0 Å². The average molecular weight is 353 g/mol. The van der Waals surface area contributed by atoms with Gasteiger partial charge in [0.15, 0.2) is 0 Å². The second-order valence-electron chi connectivity index (χ2n) is 3.70. The van der Waals surface area contributed by atoms with Crippen LogP contribution < -0.4 is 5.32 Å². The normalized spacial score (nSPS) is 12.8. The smallest absolute Gasteiger partial charge is 0.128 e. The summed E-state index contributed by atoms with van der Waals surface area (Å²) in [5, 5.41) is 4.34. The number of hydrogen-bond donors (Lipinski definition) is 1. The Balaban J connectivity index is 2.53. The van der Waals surface area contributed by atoms with Crippen LogP contribution in [0.4, 0.5) is 4.39 Å². The molecule has 1 unspecified atom stereocenters. The van der Waals surface area contributed by atoms with Gasteiger partial charge >= 0.3 is 0 Å². The van der Waals surface area contributed by atoms with E-state index < -0.39 is 0 Å². The minimum absolute atomic E-state index is 0.157. The highest BCUT2D eigenvalue weighted by Crippen LogP contribution is 2.15. The van der Waals surface area contributed by atoms with E-state index in [4.69, 9.17) is 0 Å². The van der Waals surface area contributed by atoms with Crippen LogP contribution in [0.3, 0.4) is 0 Å². The fraction of sp³-hybridized carbons (Fsp3) is 0.500. The summed E-state index contributed by atoms with van der Waals surface area (Å²) in [6, 6.07) is 5.63. The molecule has 0 saturated heterocycles. The Kier molecular flexibility index (Phi) is 6.54. The van der Waals surface area contributed by atoms with E-state index in [2.05, 4.69) is 44.1 Å². The Bertz CT molecular complexity index is 331. The summed E-state index contributed by atoms with van der Waals surface area (Å²) in [4.78, 5) is 0. The number of hydrogen-bond acceptors (Lipinski definition) is 1. The van der Waals surface area contributed by atoms with Crippen LogP contribution in [0.15, 0.2) is 22.7 Å². The first-order chi connectivity index (χ1) is 7.67. The molecule has 1 atom stereocenters. The van der Waals surface area contributed by atoms with E-state index >= 15 is 0 Å². The van der Waals surface area contributed by atoms with Gasteiger partial charge < -0.3 is 5.32 Å². The van der Waals surface area contributed by atoms with Gasteiger partial charge in [-0.3, -0.25) is 0 Å². The SMILES string of the molecule is CCC(CCBr)NCc1ccc(Br)cc1F. The van der Waals surface area contributed by atoms with Gasteiger partial charge in [-0.15, -0.1) is 0 Å². The molecule has 1 N–H and O–H groups in total. The molecule has 0 amide bonds. The first kappa shape index (κ1) is 14.1. The van der Waals surface area contributed by atoms with E-state index in [0.717, 1.165) is 28.2 Å². The summed E-state index contributed by atoms with van der Waals surface area (Å²) in [6.07, 6.45) is 2.12. The summed E-state index contributed by atoms with van der Waals surface area (Å²) in [5.74, 6) is -0.157. The Hall–Kier alpha value is 0.0700. The predicted octanol–water partition coefficient (Wildman–Crippen LogP) is 4.24. The fourth-order valence-corrected chi connectivity index (χ4v) is 2.39. The highest BCUT2D eigenvalue weighted by atomic mass is 79.9. The largest absolute Gasteiger partial charge is 0.310 e. The molecule has 0 radical (unpaired) electrons. The summed E-state index contributed by atoms with van der Waals surface area (Å²) in [7, 11) is 0. The van der Waals surface area contributed by atoms with Gasteiger partial charge in [0, 0.05) is 28.0 Å². The molecule has 1 nitrogen and oxygen atoms in total. The monoisotopic (exact) mass is 351 g/mol. The topological polar surface area (TPSA) is 12.0 Å². The molecule has 0 aliphatic heterocycles. The van der Waals surface area contributed by atoms with Crippen LogP contribution in [0.2, 0.25) is 0 Å². The van der Waals surface area contributed by atoms with Gasteiger partial charge in [-0.1, -0.05) is 44.8 Å². The van der Waals surface area contributed by atoms with E-state index in [1.54, 1.807) is 0 Å². The van der Waals surface area contributed by atoms with Crippen molar-refractivity contribution in [1.29, 1.82) is 0 Å². The van der Waals surface area contributed by atoms with Gasteiger partial charge in [-0.05, 0) is 25.0 Å². The van der Waals surface area contributed by atoms with Crippen molar-refractivity contribution in [3.05, 3.63) is 34.1 Å². The van der Waals surface area contributed by atoms with Crippen molar-refractivity contribution in [2.75, 3.05) is 5.33 Å². The molecular formula is C12H16Br2FN. The summed E-state index contributed by atoms with van der Waals surface area (Å²) < 4.78 is 14.3. The third kappa shape index (κ3) is 4.52. The first-order valence-electron chi connectivity index (χ1n) is 5.40. The number of benzene rings is 1. The molecule has 1 aromatic carbocycles. The maximum absolute atomic E-state index is 13.5. The maximum Gasteiger partial charge on any atom is 0.128 e. The number of alkyl halides is 1. The van der Waals surface area contributed by atoms with E-state index in [1.807, 2.05) is 12.1 Å². The van der Waals surface area contributed by atoms with Crippen molar-refractivity contribution in [3.63, 3.8) is 0 Å². The molecule has 0 aliphatic carbocycles. The molecule has 0 bridgehead atoms. The van der Waals surface area contributed by atoms with Crippen LogP contribution >= 0.6 is 31.9 Å². The van der Waals surface area contributed by atoms with E-state index in [-0.39, 0.29) is 5.82 Å². The third-order valence-electron chi connectivity index (χ3n) is 2.55. The zero-order chi connectivity index (χ0) is 12.0. The lowest BCUT2D eigenvalue weighted by molar-refractivity contribution is 0.478. The summed E-state index contributed by atoms with van der Waals surface area (Å²) in [6.45, 7) is 2.73. The molecule has 0 fully saturated rings. The van der Waals surface area contributed by atoms with Crippen LogP contribution in [0, 0.1) is 5.82 Å². The van der Waals surface area contributed by atoms with E-state index in [0.29, 0.717) is 12.6 Å². The molecule has 0 aliphatic rings. The molecule has 0 spiro atoms. The molecular weight excluding hydrogens is 337 g/mol. The molecule has 0 saturated carbocycles. The zero-order valence-corrected chi connectivity index (χ0v) is 12.4. The third-order valence-corrected chi connectivity index (χ3v) is 3.50. The number of rotatable bonds is 6. The van der Waals surface area contributed by atoms with Crippen molar-refractivity contribution in [3.8, 4) is 0 Å². The Labute approximate surface area is 113 Å². The van der Waals surface area contributed by atoms with Gasteiger partial charge in [0.1, 0.15) is 5.82 Å². The minimum Gasteiger partial charge on any atom is -0.310 e. The lowest BCUT2D eigenvalue weighted by atomic mass is 10.1. The Morgan fingerprint density at radius 1 is 1.44 bits per heavy atom. The molecule has 90 valence electrons. The molecule has 0 heterocycles.